The number of aromatic nitrogens is 1. The van der Waals surface area contributed by atoms with Gasteiger partial charge in [0, 0.05) is 16.7 Å². The van der Waals surface area contributed by atoms with E-state index in [9.17, 15) is 4.79 Å². The number of carbonyl (C=O) groups excluding carboxylic acids is 1. The highest BCUT2D eigenvalue weighted by Crippen LogP contribution is 2.28. The number of carbonyl (C=O) groups is 1. The van der Waals surface area contributed by atoms with Gasteiger partial charge in [0.2, 0.25) is 5.91 Å². The summed E-state index contributed by atoms with van der Waals surface area (Å²) in [6.07, 6.45) is 0. The molecule has 122 valence electrons. The summed E-state index contributed by atoms with van der Waals surface area (Å²) in [7, 11) is 0. The molecular weight excluding hydrogens is 316 g/mol. The fourth-order valence-corrected chi connectivity index (χ4v) is 3.59. The highest BCUT2D eigenvalue weighted by Gasteiger charge is 2.08. The molecule has 3 rings (SSSR count). The van der Waals surface area contributed by atoms with Crippen LogP contribution in [0, 0.1) is 20.8 Å². The second-order valence-corrected chi connectivity index (χ2v) is 7.03. The Balaban J connectivity index is 1.85. The van der Waals surface area contributed by atoms with Crippen LogP contribution in [0.1, 0.15) is 32.6 Å². The van der Waals surface area contributed by atoms with Crippen LogP contribution in [0.2, 0.25) is 0 Å². The van der Waals surface area contributed by atoms with E-state index < -0.39 is 5.91 Å². The maximum absolute atomic E-state index is 11.1. The Morgan fingerprint density at radius 2 is 1.75 bits per heavy atom. The minimum absolute atomic E-state index is 0.396. The molecule has 0 aliphatic rings. The van der Waals surface area contributed by atoms with Gasteiger partial charge in [0.1, 0.15) is 0 Å². The van der Waals surface area contributed by atoms with Gasteiger partial charge in [-0.25, -0.2) is 4.98 Å². The quantitative estimate of drug-likeness (QED) is 0.711. The van der Waals surface area contributed by atoms with Crippen molar-refractivity contribution in [3.8, 4) is 0 Å². The maximum atomic E-state index is 11.1. The molecule has 0 bridgehead atoms. The Hall–Kier alpha value is -2.33. The van der Waals surface area contributed by atoms with Gasteiger partial charge in [0.25, 0.3) is 0 Å². The van der Waals surface area contributed by atoms with Crippen molar-refractivity contribution in [2.45, 2.75) is 31.6 Å². The molecule has 0 spiro atoms. The van der Waals surface area contributed by atoms with E-state index in [1.807, 2.05) is 12.1 Å². The van der Waals surface area contributed by atoms with Crippen molar-refractivity contribution in [3.05, 3.63) is 70.3 Å². The standard InChI is InChI=1S/C20H20N2OS/c1-12-4-9-17-13(2)10-18(22-19(17)14(12)3)24-11-15-5-7-16(8-6-15)20(21)23/h4-10H,11H2,1-3H3,(H2,21,23). The van der Waals surface area contributed by atoms with Crippen LogP contribution in [-0.4, -0.2) is 10.9 Å². The summed E-state index contributed by atoms with van der Waals surface area (Å²) in [5, 5.41) is 2.24. The monoisotopic (exact) mass is 336 g/mol. The predicted molar refractivity (Wildman–Crippen MR) is 100 cm³/mol. The molecule has 0 unspecified atom stereocenters. The first-order chi connectivity index (χ1) is 11.5. The van der Waals surface area contributed by atoms with Gasteiger partial charge in [0.05, 0.1) is 10.5 Å². The number of benzene rings is 2. The number of nitrogens with two attached hydrogens (primary N) is 1. The molecule has 1 aromatic heterocycles. The molecular formula is C20H20N2OS. The lowest BCUT2D eigenvalue weighted by Crippen LogP contribution is -2.10. The van der Waals surface area contributed by atoms with Crippen molar-refractivity contribution in [2.75, 3.05) is 0 Å². The molecule has 3 aromatic rings. The molecule has 0 saturated carbocycles. The third-order valence-electron chi connectivity index (χ3n) is 4.31. The third-order valence-corrected chi connectivity index (χ3v) is 5.30. The number of amides is 1. The number of hydrogen-bond acceptors (Lipinski definition) is 3. The minimum atomic E-state index is -0.396. The normalized spacial score (nSPS) is 11.0. The molecule has 0 radical (unpaired) electrons. The van der Waals surface area contributed by atoms with Crippen molar-refractivity contribution in [3.63, 3.8) is 0 Å². The number of thioether (sulfide) groups is 1. The SMILES string of the molecule is Cc1ccc2c(C)cc(SCc3ccc(C(N)=O)cc3)nc2c1C. The molecule has 24 heavy (non-hydrogen) atoms. The van der Waals surface area contributed by atoms with E-state index in [1.54, 1.807) is 23.9 Å². The highest BCUT2D eigenvalue weighted by molar-refractivity contribution is 7.98. The fraction of sp³-hybridized carbons (Fsp3) is 0.200. The summed E-state index contributed by atoms with van der Waals surface area (Å²) in [5.74, 6) is 0.411. The Labute approximate surface area is 146 Å². The molecule has 1 amide bonds. The molecule has 0 aliphatic heterocycles. The third kappa shape index (κ3) is 3.29. The van der Waals surface area contributed by atoms with Gasteiger partial charge in [0.15, 0.2) is 0 Å². The van der Waals surface area contributed by atoms with Crippen molar-refractivity contribution in [1.82, 2.24) is 4.98 Å². The summed E-state index contributed by atoms with van der Waals surface area (Å²) < 4.78 is 0. The maximum Gasteiger partial charge on any atom is 0.248 e. The summed E-state index contributed by atoms with van der Waals surface area (Å²) in [4.78, 5) is 16.0. The molecule has 0 saturated heterocycles. The average molecular weight is 336 g/mol. The van der Waals surface area contributed by atoms with E-state index in [2.05, 4.69) is 39.0 Å². The van der Waals surface area contributed by atoms with E-state index in [4.69, 9.17) is 10.7 Å². The van der Waals surface area contributed by atoms with E-state index in [1.165, 1.54) is 22.1 Å². The number of hydrogen-bond donors (Lipinski definition) is 1. The van der Waals surface area contributed by atoms with Crippen LogP contribution in [0.25, 0.3) is 10.9 Å². The fourth-order valence-electron chi connectivity index (χ4n) is 2.67. The van der Waals surface area contributed by atoms with Gasteiger partial charge in [-0.15, -0.1) is 11.8 Å². The molecule has 1 heterocycles. The summed E-state index contributed by atoms with van der Waals surface area (Å²) in [6.45, 7) is 6.37. The van der Waals surface area contributed by atoms with Gasteiger partial charge in [-0.3, -0.25) is 4.79 Å². The summed E-state index contributed by atoms with van der Waals surface area (Å²) in [6, 6.07) is 13.9. The number of fused-ring (bicyclic) bond motifs is 1. The second kappa shape index (κ2) is 6.65. The number of nitrogens with zero attached hydrogens (tertiary/aromatic N) is 1. The van der Waals surface area contributed by atoms with Crippen LogP contribution in [0.4, 0.5) is 0 Å². The molecule has 4 heteroatoms. The molecule has 0 aliphatic carbocycles. The predicted octanol–water partition coefficient (Wildman–Crippen LogP) is 4.55. The molecule has 2 aromatic carbocycles. The van der Waals surface area contributed by atoms with Crippen LogP contribution in [0.3, 0.4) is 0 Å². The first-order valence-electron chi connectivity index (χ1n) is 7.85. The van der Waals surface area contributed by atoms with E-state index in [0.29, 0.717) is 5.56 Å². The zero-order valence-electron chi connectivity index (χ0n) is 14.1. The van der Waals surface area contributed by atoms with E-state index in [-0.39, 0.29) is 0 Å². The van der Waals surface area contributed by atoms with Gasteiger partial charge in [-0.05, 0) is 61.2 Å². The molecule has 0 fully saturated rings. The summed E-state index contributed by atoms with van der Waals surface area (Å²) >= 11 is 1.70. The Bertz CT molecular complexity index is 917. The zero-order valence-corrected chi connectivity index (χ0v) is 14.9. The van der Waals surface area contributed by atoms with Gasteiger partial charge in [-0.2, -0.15) is 0 Å². The first kappa shape index (κ1) is 16.5. The van der Waals surface area contributed by atoms with Crippen molar-refractivity contribution in [2.24, 2.45) is 5.73 Å². The molecule has 3 nitrogen and oxygen atoms in total. The van der Waals surface area contributed by atoms with Crippen molar-refractivity contribution >= 4 is 28.6 Å². The van der Waals surface area contributed by atoms with Crippen LogP contribution < -0.4 is 5.73 Å². The topological polar surface area (TPSA) is 56.0 Å². The van der Waals surface area contributed by atoms with Crippen LogP contribution in [0.5, 0.6) is 0 Å². The average Bonchev–Trinajstić information content (AvgIpc) is 2.57. The van der Waals surface area contributed by atoms with Gasteiger partial charge in [-0.1, -0.05) is 24.3 Å². The highest BCUT2D eigenvalue weighted by atomic mass is 32.2. The smallest absolute Gasteiger partial charge is 0.248 e. The summed E-state index contributed by atoms with van der Waals surface area (Å²) in [5.41, 5.74) is 11.8. The lowest BCUT2D eigenvalue weighted by Gasteiger charge is -2.10. The van der Waals surface area contributed by atoms with Crippen LogP contribution >= 0.6 is 11.8 Å². The Kier molecular flexibility index (Phi) is 4.58. The number of aryl methyl sites for hydroxylation is 3. The van der Waals surface area contributed by atoms with Crippen molar-refractivity contribution < 1.29 is 4.79 Å². The number of rotatable bonds is 4. The first-order valence-corrected chi connectivity index (χ1v) is 8.83. The van der Waals surface area contributed by atoms with Crippen LogP contribution in [0.15, 0.2) is 47.5 Å². The van der Waals surface area contributed by atoms with Gasteiger partial charge >= 0.3 is 0 Å². The van der Waals surface area contributed by atoms with Gasteiger partial charge < -0.3 is 5.73 Å². The zero-order chi connectivity index (χ0) is 17.3. The molecule has 2 N–H and O–H groups in total. The number of primary amides is 1. The van der Waals surface area contributed by atoms with E-state index in [0.717, 1.165) is 21.9 Å². The van der Waals surface area contributed by atoms with Crippen LogP contribution in [-0.2, 0) is 5.75 Å². The Morgan fingerprint density at radius 3 is 2.42 bits per heavy atom. The second-order valence-electron chi connectivity index (χ2n) is 6.03. The Morgan fingerprint density at radius 1 is 1.04 bits per heavy atom. The number of pyridine rings is 1. The lowest BCUT2D eigenvalue weighted by molar-refractivity contribution is 0.100. The minimum Gasteiger partial charge on any atom is -0.366 e. The van der Waals surface area contributed by atoms with E-state index >= 15 is 0 Å². The largest absolute Gasteiger partial charge is 0.366 e. The lowest BCUT2D eigenvalue weighted by atomic mass is 10.0. The molecule has 0 atom stereocenters. The van der Waals surface area contributed by atoms with Crippen molar-refractivity contribution in [1.29, 1.82) is 0 Å².